The van der Waals surface area contributed by atoms with Gasteiger partial charge in [0.2, 0.25) is 11.8 Å². The van der Waals surface area contributed by atoms with Gasteiger partial charge in [0.25, 0.3) is 0 Å². The summed E-state index contributed by atoms with van der Waals surface area (Å²) in [6.45, 7) is 10.8. The zero-order valence-corrected chi connectivity index (χ0v) is 20.4. The number of Topliss-reactive ketones (excluding diaryl/α,β-unsaturated/α-hetero) is 1. The maximum Gasteiger partial charge on any atom is 0.471 e. The minimum absolute atomic E-state index is 0.0797. The number of hydrogen-bond donors (Lipinski definition) is 4. The van der Waals surface area contributed by atoms with Gasteiger partial charge in [-0.05, 0) is 38.5 Å². The van der Waals surface area contributed by atoms with E-state index in [0.717, 1.165) is 0 Å². The molecule has 33 heavy (non-hydrogen) atoms. The van der Waals surface area contributed by atoms with Crippen molar-refractivity contribution in [2.75, 3.05) is 6.54 Å². The summed E-state index contributed by atoms with van der Waals surface area (Å²) in [5.41, 5.74) is 0. The van der Waals surface area contributed by atoms with Gasteiger partial charge in [0.1, 0.15) is 6.04 Å². The van der Waals surface area contributed by atoms with Crippen LogP contribution in [0.25, 0.3) is 0 Å². The first-order chi connectivity index (χ1) is 15.2. The fraction of sp³-hybridized carbons (Fsp3) is 0.818. The molecule has 0 aromatic rings. The highest BCUT2D eigenvalue weighted by Crippen LogP contribution is 2.14. The van der Waals surface area contributed by atoms with Gasteiger partial charge in [0, 0.05) is 19.0 Å². The molecule has 0 aromatic carbocycles. The summed E-state index contributed by atoms with van der Waals surface area (Å²) in [4.78, 5) is 48.2. The van der Waals surface area contributed by atoms with Crippen molar-refractivity contribution in [3.05, 3.63) is 0 Å². The Morgan fingerprint density at radius 2 is 1.45 bits per heavy atom. The molecule has 0 aromatic heterocycles. The molecule has 1 unspecified atom stereocenters. The first-order valence-corrected chi connectivity index (χ1v) is 11.4. The highest BCUT2D eigenvalue weighted by atomic mass is 19.4. The number of rotatable bonds is 15. The monoisotopic (exact) mass is 480 g/mol. The second kappa shape index (κ2) is 14.9. The predicted octanol–water partition coefficient (Wildman–Crippen LogP) is 2.22. The number of unbranched alkanes of at least 4 members (excludes halogenated alkanes) is 1. The van der Waals surface area contributed by atoms with Gasteiger partial charge < -0.3 is 21.3 Å². The Morgan fingerprint density at radius 1 is 0.848 bits per heavy atom. The van der Waals surface area contributed by atoms with E-state index in [9.17, 15) is 32.3 Å². The molecule has 0 bridgehead atoms. The van der Waals surface area contributed by atoms with Crippen molar-refractivity contribution < 1.29 is 32.3 Å². The smallest absolute Gasteiger partial charge is 0.348 e. The molecule has 0 aliphatic heterocycles. The second-order valence-corrected chi connectivity index (χ2v) is 8.86. The molecular weight excluding hydrogens is 441 g/mol. The van der Waals surface area contributed by atoms with Gasteiger partial charge in [-0.1, -0.05) is 34.6 Å². The molecule has 0 fully saturated rings. The van der Waals surface area contributed by atoms with Crippen LogP contribution in [0.2, 0.25) is 0 Å². The van der Waals surface area contributed by atoms with Gasteiger partial charge in [0.15, 0.2) is 5.78 Å². The third-order valence-electron chi connectivity index (χ3n) is 4.83. The molecular formula is C22H39F3N4O4. The Bertz CT molecular complexity index is 644. The minimum atomic E-state index is -4.94. The summed E-state index contributed by atoms with van der Waals surface area (Å²) in [5, 5.41) is 10.3. The van der Waals surface area contributed by atoms with Crippen LogP contribution >= 0.6 is 0 Å². The van der Waals surface area contributed by atoms with Crippen LogP contribution in [0.15, 0.2) is 0 Å². The van der Waals surface area contributed by atoms with E-state index in [1.165, 1.54) is 6.92 Å². The first-order valence-electron chi connectivity index (χ1n) is 11.4. The van der Waals surface area contributed by atoms with Crippen LogP contribution in [-0.2, 0) is 19.2 Å². The van der Waals surface area contributed by atoms with Crippen molar-refractivity contribution in [2.45, 2.75) is 104 Å². The molecule has 0 spiro atoms. The Balaban J connectivity index is 4.78. The number of ketones is 1. The van der Waals surface area contributed by atoms with Crippen LogP contribution in [0.3, 0.4) is 0 Å². The van der Waals surface area contributed by atoms with Crippen molar-refractivity contribution >= 4 is 23.5 Å². The topological polar surface area (TPSA) is 116 Å². The maximum absolute atomic E-state index is 12.6. The maximum atomic E-state index is 12.6. The molecule has 0 aliphatic rings. The predicted molar refractivity (Wildman–Crippen MR) is 119 cm³/mol. The van der Waals surface area contributed by atoms with Gasteiger partial charge in [-0.3, -0.25) is 19.2 Å². The van der Waals surface area contributed by atoms with Crippen LogP contribution in [0.5, 0.6) is 0 Å². The van der Waals surface area contributed by atoms with Crippen LogP contribution in [0.1, 0.15) is 73.6 Å². The van der Waals surface area contributed by atoms with E-state index >= 15 is 0 Å². The van der Waals surface area contributed by atoms with Crippen molar-refractivity contribution in [3.63, 3.8) is 0 Å². The molecule has 0 heterocycles. The van der Waals surface area contributed by atoms with Crippen molar-refractivity contribution in [1.82, 2.24) is 21.3 Å². The number of hydrogen-bond acceptors (Lipinski definition) is 5. The Kier molecular flexibility index (Phi) is 13.9. The average Bonchev–Trinajstić information content (AvgIpc) is 2.69. The fourth-order valence-electron chi connectivity index (χ4n) is 3.14. The largest absolute Gasteiger partial charge is 0.471 e. The molecule has 0 saturated heterocycles. The van der Waals surface area contributed by atoms with Crippen LogP contribution in [0.4, 0.5) is 13.2 Å². The van der Waals surface area contributed by atoms with E-state index < -0.39 is 36.1 Å². The standard InChI is InChI=1S/C22H39F3N4O4/c1-7-18(30)16(10-8-9-11-26-21(33)22(23,24)25)29-19(31)15(6)28-20(32)17(12-13(2)3)27-14(4)5/h13-17,27H,7-12H2,1-6H3,(H,26,33)(H,28,32)(H,29,31)/t15?,16-,17-/m0/s1. The summed E-state index contributed by atoms with van der Waals surface area (Å²) < 4.78 is 36.6. The molecule has 3 amide bonds. The SMILES string of the molecule is CCC(=O)[C@H](CCCCNC(=O)C(F)(F)F)NC(=O)C(C)NC(=O)[C@H](CC(C)C)NC(C)C. The molecule has 0 radical (unpaired) electrons. The number of carbonyl (C=O) groups excluding carboxylic acids is 4. The third kappa shape index (κ3) is 13.2. The lowest BCUT2D eigenvalue weighted by Gasteiger charge is -2.25. The highest BCUT2D eigenvalue weighted by molar-refractivity contribution is 5.93. The van der Waals surface area contributed by atoms with Gasteiger partial charge >= 0.3 is 12.1 Å². The normalized spacial score (nSPS) is 14.5. The fourth-order valence-corrected chi connectivity index (χ4v) is 3.14. The van der Waals surface area contributed by atoms with E-state index in [1.807, 2.05) is 27.7 Å². The molecule has 8 nitrogen and oxygen atoms in total. The van der Waals surface area contributed by atoms with E-state index in [2.05, 4.69) is 16.0 Å². The first kappa shape index (κ1) is 30.8. The lowest BCUT2D eigenvalue weighted by atomic mass is 10.0. The molecule has 0 saturated carbocycles. The number of nitrogens with one attached hydrogen (secondary N) is 4. The lowest BCUT2D eigenvalue weighted by Crippen LogP contribution is -2.55. The summed E-state index contributed by atoms with van der Waals surface area (Å²) >= 11 is 0. The molecule has 0 rings (SSSR count). The molecule has 4 N–H and O–H groups in total. The number of alkyl halides is 3. The summed E-state index contributed by atoms with van der Waals surface area (Å²) in [7, 11) is 0. The van der Waals surface area contributed by atoms with Gasteiger partial charge in [-0.2, -0.15) is 13.2 Å². The average molecular weight is 481 g/mol. The van der Waals surface area contributed by atoms with Crippen LogP contribution < -0.4 is 21.3 Å². The van der Waals surface area contributed by atoms with E-state index in [4.69, 9.17) is 0 Å². The molecule has 192 valence electrons. The van der Waals surface area contributed by atoms with Gasteiger partial charge in [-0.15, -0.1) is 0 Å². The second-order valence-electron chi connectivity index (χ2n) is 8.86. The van der Waals surface area contributed by atoms with Crippen molar-refractivity contribution in [1.29, 1.82) is 0 Å². The van der Waals surface area contributed by atoms with E-state index in [0.29, 0.717) is 12.8 Å². The number of amides is 3. The van der Waals surface area contributed by atoms with Gasteiger partial charge in [0.05, 0.1) is 12.1 Å². The van der Waals surface area contributed by atoms with Crippen LogP contribution in [-0.4, -0.2) is 60.4 Å². The zero-order chi connectivity index (χ0) is 25.8. The quantitative estimate of drug-likeness (QED) is 0.268. The summed E-state index contributed by atoms with van der Waals surface area (Å²) in [6, 6.07) is -2.07. The summed E-state index contributed by atoms with van der Waals surface area (Å²) in [5.74, 6) is -2.79. The molecule has 11 heteroatoms. The molecule has 3 atom stereocenters. The van der Waals surface area contributed by atoms with Crippen molar-refractivity contribution in [2.24, 2.45) is 5.92 Å². The van der Waals surface area contributed by atoms with E-state index in [1.54, 1.807) is 12.2 Å². The Labute approximate surface area is 194 Å². The van der Waals surface area contributed by atoms with Crippen LogP contribution in [0, 0.1) is 5.92 Å². The summed E-state index contributed by atoms with van der Waals surface area (Å²) in [6.07, 6.45) is -3.41. The highest BCUT2D eigenvalue weighted by Gasteiger charge is 2.38. The number of halogens is 3. The lowest BCUT2D eigenvalue weighted by molar-refractivity contribution is -0.173. The Morgan fingerprint density at radius 3 is 1.94 bits per heavy atom. The van der Waals surface area contributed by atoms with E-state index in [-0.39, 0.29) is 49.5 Å². The molecule has 0 aliphatic carbocycles. The number of carbonyl (C=O) groups is 4. The zero-order valence-electron chi connectivity index (χ0n) is 20.4. The Hall–Kier alpha value is -2.17. The van der Waals surface area contributed by atoms with Crippen molar-refractivity contribution in [3.8, 4) is 0 Å². The van der Waals surface area contributed by atoms with Gasteiger partial charge in [-0.25, -0.2) is 0 Å². The third-order valence-corrected chi connectivity index (χ3v) is 4.83. The minimum Gasteiger partial charge on any atom is -0.348 e.